The predicted molar refractivity (Wildman–Crippen MR) is 118 cm³/mol. The number of para-hydroxylation sites is 1. The lowest BCUT2D eigenvalue weighted by Crippen LogP contribution is -2.46. The summed E-state index contributed by atoms with van der Waals surface area (Å²) in [6.45, 7) is 6.22. The molecule has 8 nitrogen and oxygen atoms in total. The summed E-state index contributed by atoms with van der Waals surface area (Å²) >= 11 is 0. The van der Waals surface area contributed by atoms with E-state index >= 15 is 0 Å². The van der Waals surface area contributed by atoms with Crippen LogP contribution in [0.1, 0.15) is 32.0 Å². The minimum absolute atomic E-state index is 0.00268. The number of nitrogens with two attached hydrogens (primary N) is 1. The molecular weight excluding hydrogens is 380 g/mol. The molecule has 8 heteroatoms. The number of nitrogens with one attached hydrogen (secondary N) is 1. The van der Waals surface area contributed by atoms with Gasteiger partial charge in [-0.05, 0) is 25.3 Å². The lowest BCUT2D eigenvalue weighted by Gasteiger charge is -2.26. The fourth-order valence-corrected chi connectivity index (χ4v) is 4.03. The first-order valence-corrected chi connectivity index (χ1v) is 10.8. The predicted octanol–water partition coefficient (Wildman–Crippen LogP) is 2.94. The van der Waals surface area contributed by atoms with Gasteiger partial charge in [-0.15, -0.1) is 0 Å². The van der Waals surface area contributed by atoms with Gasteiger partial charge < -0.3 is 25.3 Å². The number of urea groups is 1. The molecule has 0 unspecified atom stereocenters. The number of carbonyl (C=O) groups excluding carboxylic acids is 1. The van der Waals surface area contributed by atoms with Gasteiger partial charge in [0.25, 0.3) is 0 Å². The third-order valence-corrected chi connectivity index (χ3v) is 5.55. The number of carbonyl (C=O) groups is 1. The maximum Gasteiger partial charge on any atom is 0.317 e. The number of anilines is 1. The van der Waals surface area contributed by atoms with E-state index in [1.54, 1.807) is 0 Å². The monoisotopic (exact) mass is 410 g/mol. The number of hydrogen-bond donors (Lipinski definition) is 2. The summed E-state index contributed by atoms with van der Waals surface area (Å²) in [4.78, 5) is 23.4. The molecule has 1 saturated heterocycles. The van der Waals surface area contributed by atoms with E-state index in [9.17, 15) is 4.79 Å². The molecule has 2 amide bonds. The minimum Gasteiger partial charge on any atom is -0.382 e. The Morgan fingerprint density at radius 3 is 2.80 bits per heavy atom. The number of imidazole rings is 1. The third-order valence-electron chi connectivity index (χ3n) is 5.55. The van der Waals surface area contributed by atoms with Crippen LogP contribution in [-0.4, -0.2) is 58.3 Å². The maximum atomic E-state index is 12.2. The SMILES string of the molecule is CCCc1nc2c(N)nc3ccccc3c2n1CCCCNC(=O)N1CCOCC1. The summed E-state index contributed by atoms with van der Waals surface area (Å²) in [6.07, 6.45) is 3.77. The first kappa shape index (κ1) is 20.4. The summed E-state index contributed by atoms with van der Waals surface area (Å²) in [5, 5.41) is 4.11. The van der Waals surface area contributed by atoms with Crippen molar-refractivity contribution >= 4 is 33.8 Å². The molecule has 0 atom stereocenters. The summed E-state index contributed by atoms with van der Waals surface area (Å²) in [5.74, 6) is 1.53. The molecule has 30 heavy (non-hydrogen) atoms. The van der Waals surface area contributed by atoms with Crippen molar-refractivity contribution in [3.05, 3.63) is 30.1 Å². The molecule has 3 aromatic rings. The van der Waals surface area contributed by atoms with Crippen LogP contribution in [0.15, 0.2) is 24.3 Å². The Hall–Kier alpha value is -2.87. The van der Waals surface area contributed by atoms with Crippen molar-refractivity contribution in [3.63, 3.8) is 0 Å². The lowest BCUT2D eigenvalue weighted by molar-refractivity contribution is 0.0532. The molecule has 1 fully saturated rings. The molecule has 1 aromatic carbocycles. The van der Waals surface area contributed by atoms with Crippen molar-refractivity contribution in [2.45, 2.75) is 39.2 Å². The third kappa shape index (κ3) is 4.18. The number of aromatic nitrogens is 3. The lowest BCUT2D eigenvalue weighted by atomic mass is 10.2. The zero-order valence-corrected chi connectivity index (χ0v) is 17.6. The number of fused-ring (bicyclic) bond motifs is 3. The first-order valence-electron chi connectivity index (χ1n) is 10.8. The van der Waals surface area contributed by atoms with Gasteiger partial charge in [0.05, 0.1) is 24.2 Å². The molecule has 4 rings (SSSR count). The molecule has 160 valence electrons. The van der Waals surface area contributed by atoms with Crippen LogP contribution in [0.3, 0.4) is 0 Å². The van der Waals surface area contributed by atoms with Gasteiger partial charge in [0.15, 0.2) is 5.82 Å². The fraction of sp³-hybridized carbons (Fsp3) is 0.500. The van der Waals surface area contributed by atoms with Gasteiger partial charge >= 0.3 is 6.03 Å². The van der Waals surface area contributed by atoms with Gasteiger partial charge in [0.2, 0.25) is 0 Å². The molecule has 0 radical (unpaired) electrons. The van der Waals surface area contributed by atoms with Gasteiger partial charge in [0, 0.05) is 38.0 Å². The second kappa shape index (κ2) is 9.30. The van der Waals surface area contributed by atoms with Gasteiger partial charge in [0.1, 0.15) is 11.3 Å². The molecule has 0 spiro atoms. The van der Waals surface area contributed by atoms with Crippen LogP contribution in [0, 0.1) is 0 Å². The van der Waals surface area contributed by atoms with Crippen LogP contribution in [0.25, 0.3) is 21.9 Å². The van der Waals surface area contributed by atoms with Crippen LogP contribution in [0.4, 0.5) is 10.6 Å². The highest BCUT2D eigenvalue weighted by atomic mass is 16.5. The molecule has 3 N–H and O–H groups in total. The molecule has 0 bridgehead atoms. The summed E-state index contributed by atoms with van der Waals surface area (Å²) in [5.41, 5.74) is 8.98. The summed E-state index contributed by atoms with van der Waals surface area (Å²) in [7, 11) is 0. The number of unbranched alkanes of at least 4 members (excludes halogenated alkanes) is 1. The van der Waals surface area contributed by atoms with Crippen molar-refractivity contribution in [2.75, 3.05) is 38.6 Å². The van der Waals surface area contributed by atoms with Crippen LogP contribution >= 0.6 is 0 Å². The molecule has 3 heterocycles. The van der Waals surface area contributed by atoms with E-state index in [1.165, 1.54) is 0 Å². The summed E-state index contributed by atoms with van der Waals surface area (Å²) in [6, 6.07) is 8.08. The van der Waals surface area contributed by atoms with Crippen molar-refractivity contribution in [1.29, 1.82) is 0 Å². The maximum absolute atomic E-state index is 12.2. The zero-order chi connectivity index (χ0) is 20.9. The number of aryl methyl sites for hydroxylation is 2. The number of morpholine rings is 1. The molecular formula is C22H30N6O2. The largest absolute Gasteiger partial charge is 0.382 e. The molecule has 0 saturated carbocycles. The van der Waals surface area contributed by atoms with E-state index < -0.39 is 0 Å². The van der Waals surface area contributed by atoms with Gasteiger partial charge in [-0.3, -0.25) is 0 Å². The van der Waals surface area contributed by atoms with E-state index in [2.05, 4.69) is 27.9 Å². The van der Waals surface area contributed by atoms with E-state index in [0.29, 0.717) is 38.7 Å². The number of hydrogen-bond acceptors (Lipinski definition) is 5. The number of benzene rings is 1. The van der Waals surface area contributed by atoms with Gasteiger partial charge in [-0.25, -0.2) is 14.8 Å². The fourth-order valence-electron chi connectivity index (χ4n) is 4.03. The Labute approximate surface area is 176 Å². The number of rotatable bonds is 7. The van der Waals surface area contributed by atoms with Crippen molar-refractivity contribution in [2.24, 2.45) is 0 Å². The average Bonchev–Trinajstić information content (AvgIpc) is 3.13. The Balaban J connectivity index is 1.46. The average molecular weight is 411 g/mol. The first-order chi connectivity index (χ1) is 14.7. The second-order valence-electron chi connectivity index (χ2n) is 7.68. The van der Waals surface area contributed by atoms with E-state index in [-0.39, 0.29) is 6.03 Å². The highest BCUT2D eigenvalue weighted by molar-refractivity contribution is 6.06. The number of amides is 2. The number of pyridine rings is 1. The second-order valence-corrected chi connectivity index (χ2v) is 7.68. The highest BCUT2D eigenvalue weighted by Crippen LogP contribution is 2.29. The molecule has 0 aliphatic carbocycles. The highest BCUT2D eigenvalue weighted by Gasteiger charge is 2.17. The van der Waals surface area contributed by atoms with E-state index in [4.69, 9.17) is 15.5 Å². The van der Waals surface area contributed by atoms with Crippen LogP contribution in [-0.2, 0) is 17.7 Å². The van der Waals surface area contributed by atoms with Crippen molar-refractivity contribution in [1.82, 2.24) is 24.8 Å². The molecule has 2 aromatic heterocycles. The Morgan fingerprint density at radius 1 is 1.20 bits per heavy atom. The zero-order valence-electron chi connectivity index (χ0n) is 17.6. The van der Waals surface area contributed by atoms with E-state index in [0.717, 1.165) is 60.0 Å². The number of nitrogen functional groups attached to an aromatic ring is 1. The molecule has 1 aliphatic heterocycles. The van der Waals surface area contributed by atoms with Crippen molar-refractivity contribution < 1.29 is 9.53 Å². The van der Waals surface area contributed by atoms with Gasteiger partial charge in [-0.2, -0.15) is 0 Å². The van der Waals surface area contributed by atoms with Crippen LogP contribution in [0.5, 0.6) is 0 Å². The smallest absolute Gasteiger partial charge is 0.317 e. The normalized spacial score (nSPS) is 14.5. The topological polar surface area (TPSA) is 98.3 Å². The quantitative estimate of drug-likeness (QED) is 0.584. The summed E-state index contributed by atoms with van der Waals surface area (Å²) < 4.78 is 7.59. The minimum atomic E-state index is 0.00268. The van der Waals surface area contributed by atoms with Crippen LogP contribution in [0.2, 0.25) is 0 Å². The number of nitrogens with zero attached hydrogens (tertiary/aromatic N) is 4. The van der Waals surface area contributed by atoms with Crippen molar-refractivity contribution in [3.8, 4) is 0 Å². The Morgan fingerprint density at radius 2 is 2.00 bits per heavy atom. The van der Waals surface area contributed by atoms with Crippen LogP contribution < -0.4 is 11.1 Å². The molecule has 1 aliphatic rings. The standard InChI is InChI=1S/C22H30N6O2/c1-2-7-18-26-19-20(16-8-3-4-9-17(16)25-21(19)23)28(18)11-6-5-10-24-22(29)27-12-14-30-15-13-27/h3-4,8-9H,2,5-7,10-15H2,1H3,(H2,23,25)(H,24,29). The van der Waals surface area contributed by atoms with E-state index in [1.807, 2.05) is 23.1 Å². The number of ether oxygens (including phenoxy) is 1. The Bertz CT molecular complexity index is 1030. The Kier molecular flexibility index (Phi) is 6.32. The van der Waals surface area contributed by atoms with Gasteiger partial charge in [-0.1, -0.05) is 25.1 Å².